The third kappa shape index (κ3) is 8.74. The quantitative estimate of drug-likeness (QED) is 0.0610. The molecule has 1 unspecified atom stereocenters. The monoisotopic (exact) mass is 788 g/mol. The van der Waals surface area contributed by atoms with Crippen LogP contribution in [0, 0.1) is 23.0 Å². The number of nitrogens with zero attached hydrogens (tertiary/aromatic N) is 3. The highest BCUT2D eigenvalue weighted by molar-refractivity contribution is 7.89. The zero-order chi connectivity index (χ0) is 39.9. The molecule has 55 heavy (non-hydrogen) atoms. The zero-order valence-corrected chi connectivity index (χ0v) is 32.8. The molecule has 0 aromatic heterocycles. The van der Waals surface area contributed by atoms with Crippen molar-refractivity contribution in [3.63, 3.8) is 0 Å². The number of sulfonamides is 1. The summed E-state index contributed by atoms with van der Waals surface area (Å²) in [5.74, 6) is -2.85. The number of carbonyl (C=O) groups excluding carboxylic acids is 3. The van der Waals surface area contributed by atoms with Gasteiger partial charge >= 0.3 is 5.97 Å². The lowest BCUT2D eigenvalue weighted by Crippen LogP contribution is -2.57. The van der Waals surface area contributed by atoms with Gasteiger partial charge in [0.1, 0.15) is 12.1 Å². The molecule has 1 heterocycles. The van der Waals surface area contributed by atoms with Crippen LogP contribution in [0.4, 0.5) is 5.69 Å². The standard InChI is InChI=1S/C41H45ClN4O8S/c1-5-45(55(52,53)36-20-12-11-19-35(36)46(50)51)38(28(2)3)39(48)43-34(40(49)44-25-13-14-26-44)27-37(47)54-41(30-15-7-6-8-16-30,31-23-21-29(4)22-24-31)32-17-9-10-18-33(32)42/h6-12,15-24,28,34,38H,5,13-14,25-27H2,1-4H3,(H,43,48)/t34-,38-,41?/m0/s1. The number of likely N-dealkylation sites (tertiary alicyclic amines) is 1. The van der Waals surface area contributed by atoms with Crippen molar-refractivity contribution in [3.05, 3.63) is 141 Å². The molecule has 12 nitrogen and oxygen atoms in total. The first-order chi connectivity index (χ1) is 26.2. The van der Waals surface area contributed by atoms with E-state index in [-0.39, 0.29) is 6.54 Å². The molecule has 0 bridgehead atoms. The van der Waals surface area contributed by atoms with Gasteiger partial charge in [0.15, 0.2) is 10.5 Å². The second-order valence-electron chi connectivity index (χ2n) is 13.8. The van der Waals surface area contributed by atoms with Gasteiger partial charge in [-0.15, -0.1) is 0 Å². The second kappa shape index (κ2) is 17.6. The van der Waals surface area contributed by atoms with Crippen LogP contribution in [0.3, 0.4) is 0 Å². The molecule has 290 valence electrons. The maximum Gasteiger partial charge on any atom is 0.310 e. The van der Waals surface area contributed by atoms with Crippen LogP contribution in [0.25, 0.3) is 0 Å². The van der Waals surface area contributed by atoms with Gasteiger partial charge in [0.2, 0.25) is 11.8 Å². The van der Waals surface area contributed by atoms with E-state index in [1.54, 1.807) is 43.0 Å². The van der Waals surface area contributed by atoms with Crippen molar-refractivity contribution in [2.75, 3.05) is 19.6 Å². The van der Waals surface area contributed by atoms with Gasteiger partial charge in [-0.05, 0) is 37.8 Å². The van der Waals surface area contributed by atoms with Crippen molar-refractivity contribution in [1.29, 1.82) is 0 Å². The first-order valence-electron chi connectivity index (χ1n) is 18.2. The van der Waals surface area contributed by atoms with Gasteiger partial charge in [-0.1, -0.05) is 123 Å². The van der Waals surface area contributed by atoms with Crippen LogP contribution >= 0.6 is 11.6 Å². The Kier molecular flexibility index (Phi) is 13.1. The first-order valence-corrected chi connectivity index (χ1v) is 20.0. The van der Waals surface area contributed by atoms with Crippen LogP contribution < -0.4 is 5.32 Å². The van der Waals surface area contributed by atoms with Gasteiger partial charge in [-0.2, -0.15) is 4.31 Å². The zero-order valence-electron chi connectivity index (χ0n) is 31.2. The van der Waals surface area contributed by atoms with Gasteiger partial charge in [-0.25, -0.2) is 8.42 Å². The van der Waals surface area contributed by atoms with Gasteiger partial charge in [0.25, 0.3) is 15.7 Å². The number of likely N-dealkylation sites (N-methyl/N-ethyl adjacent to an activating group) is 1. The summed E-state index contributed by atoms with van der Waals surface area (Å²) < 4.78 is 35.5. The molecule has 4 aromatic rings. The molecule has 0 aliphatic carbocycles. The number of ether oxygens (including phenoxy) is 1. The number of nitrogens with one attached hydrogen (secondary N) is 1. The summed E-state index contributed by atoms with van der Waals surface area (Å²) in [7, 11) is -4.60. The number of rotatable bonds is 15. The van der Waals surface area contributed by atoms with E-state index in [9.17, 15) is 32.9 Å². The third-order valence-electron chi connectivity index (χ3n) is 9.73. The molecule has 1 N–H and O–H groups in total. The number of hydrogen-bond acceptors (Lipinski definition) is 8. The minimum atomic E-state index is -4.60. The maximum atomic E-state index is 14.4. The number of esters is 1. The first kappa shape index (κ1) is 41.1. The fourth-order valence-electron chi connectivity index (χ4n) is 7.09. The molecule has 1 aliphatic rings. The minimum Gasteiger partial charge on any atom is -0.444 e. The van der Waals surface area contributed by atoms with E-state index in [0.29, 0.717) is 34.8 Å². The maximum absolute atomic E-state index is 14.4. The smallest absolute Gasteiger partial charge is 0.310 e. The Labute approximate surface area is 326 Å². The molecule has 2 amide bonds. The summed E-state index contributed by atoms with van der Waals surface area (Å²) in [5.41, 5.74) is 0.419. The van der Waals surface area contributed by atoms with Crippen LogP contribution in [-0.2, 0) is 34.7 Å². The molecule has 14 heteroatoms. The van der Waals surface area contributed by atoms with Crippen molar-refractivity contribution in [3.8, 4) is 0 Å². The number of nitro groups is 1. The molecule has 0 spiro atoms. The summed E-state index contributed by atoms with van der Waals surface area (Å²) in [4.78, 5) is 54.9. The molecule has 0 radical (unpaired) electrons. The van der Waals surface area contributed by atoms with E-state index in [2.05, 4.69) is 5.32 Å². The van der Waals surface area contributed by atoms with Gasteiger partial charge in [-0.3, -0.25) is 24.5 Å². The summed E-state index contributed by atoms with van der Waals surface area (Å²) in [6, 6.07) is 25.6. The summed E-state index contributed by atoms with van der Waals surface area (Å²) in [5, 5.41) is 14.9. The molecule has 1 saturated heterocycles. The molecular formula is C41H45ClN4O8S. The Morgan fingerprint density at radius 2 is 1.49 bits per heavy atom. The molecule has 1 aliphatic heterocycles. The lowest BCUT2D eigenvalue weighted by Gasteiger charge is -2.37. The highest BCUT2D eigenvalue weighted by Crippen LogP contribution is 2.44. The van der Waals surface area contributed by atoms with E-state index in [0.717, 1.165) is 34.8 Å². The SMILES string of the molecule is CCN([C@H](C(=O)N[C@@H](CC(=O)OC(c1ccccc1)(c1ccc(C)cc1)c1ccccc1Cl)C(=O)N1CCCC1)C(C)C)S(=O)(=O)c1ccccc1[N+](=O)[O-]. The largest absolute Gasteiger partial charge is 0.444 e. The van der Waals surface area contributed by atoms with E-state index in [1.807, 2.05) is 61.5 Å². The van der Waals surface area contributed by atoms with Crippen LogP contribution in [0.1, 0.15) is 62.3 Å². The topological polar surface area (TPSA) is 156 Å². The van der Waals surface area contributed by atoms with Crippen molar-refractivity contribution < 1.29 is 32.5 Å². The number of benzene rings is 4. The molecule has 5 rings (SSSR count). The molecular weight excluding hydrogens is 744 g/mol. The van der Waals surface area contributed by atoms with Gasteiger partial charge in [0, 0.05) is 47.4 Å². The lowest BCUT2D eigenvalue weighted by atomic mass is 9.79. The Morgan fingerprint density at radius 1 is 0.909 bits per heavy atom. The molecule has 3 atom stereocenters. The Bertz CT molecular complexity index is 2130. The number of carbonyl (C=O) groups is 3. The van der Waals surface area contributed by atoms with Gasteiger partial charge in [0.05, 0.1) is 11.3 Å². The summed E-state index contributed by atoms with van der Waals surface area (Å²) in [6.07, 6.45) is 0.875. The fraction of sp³-hybridized carbons (Fsp3) is 0.341. The summed E-state index contributed by atoms with van der Waals surface area (Å²) in [6.45, 7) is 7.33. The molecule has 1 fully saturated rings. The molecule has 4 aromatic carbocycles. The summed E-state index contributed by atoms with van der Waals surface area (Å²) >= 11 is 6.85. The van der Waals surface area contributed by atoms with Crippen molar-refractivity contribution in [2.45, 2.75) is 69.5 Å². The highest BCUT2D eigenvalue weighted by atomic mass is 35.5. The lowest BCUT2D eigenvalue weighted by molar-refractivity contribution is -0.387. The Morgan fingerprint density at radius 3 is 2.09 bits per heavy atom. The van der Waals surface area contributed by atoms with Crippen LogP contribution in [0.5, 0.6) is 0 Å². The average Bonchev–Trinajstić information content (AvgIpc) is 3.71. The molecule has 0 saturated carbocycles. The number of hydrogen-bond donors (Lipinski definition) is 1. The van der Waals surface area contributed by atoms with Crippen molar-refractivity contribution >= 4 is 45.1 Å². The average molecular weight is 789 g/mol. The van der Waals surface area contributed by atoms with E-state index in [4.69, 9.17) is 16.3 Å². The number of halogens is 1. The predicted octanol–water partition coefficient (Wildman–Crippen LogP) is 6.62. The Hall–Kier alpha value is -5.11. The van der Waals surface area contributed by atoms with Gasteiger partial charge < -0.3 is 15.0 Å². The van der Waals surface area contributed by atoms with E-state index >= 15 is 0 Å². The van der Waals surface area contributed by atoms with Crippen LogP contribution in [0.2, 0.25) is 5.02 Å². The van der Waals surface area contributed by atoms with Crippen molar-refractivity contribution in [1.82, 2.24) is 14.5 Å². The third-order valence-corrected chi connectivity index (χ3v) is 12.1. The number of para-hydroxylation sites is 1. The fourth-order valence-corrected chi connectivity index (χ4v) is 9.24. The predicted molar refractivity (Wildman–Crippen MR) is 209 cm³/mol. The number of amides is 2. The Balaban J connectivity index is 1.55. The highest BCUT2D eigenvalue weighted by Gasteiger charge is 2.45. The van der Waals surface area contributed by atoms with Crippen LogP contribution in [0.15, 0.2) is 108 Å². The van der Waals surface area contributed by atoms with E-state index in [1.165, 1.54) is 19.1 Å². The van der Waals surface area contributed by atoms with E-state index < -0.39 is 73.3 Å². The van der Waals surface area contributed by atoms with Crippen LogP contribution in [-0.4, -0.2) is 72.0 Å². The number of nitro benzene ring substituents is 1. The number of aryl methyl sites for hydroxylation is 1. The second-order valence-corrected chi connectivity index (χ2v) is 16.1. The van der Waals surface area contributed by atoms with Crippen molar-refractivity contribution in [2.24, 2.45) is 5.92 Å². The normalized spacial score (nSPS) is 15.3. The minimum absolute atomic E-state index is 0.217.